The third-order valence-electron chi connectivity index (χ3n) is 6.44. The summed E-state index contributed by atoms with van der Waals surface area (Å²) in [6.45, 7) is 7.22. The van der Waals surface area contributed by atoms with Crippen LogP contribution in [0.25, 0.3) is 20.7 Å². The van der Waals surface area contributed by atoms with E-state index >= 15 is 0 Å². The summed E-state index contributed by atoms with van der Waals surface area (Å²) in [5.41, 5.74) is 10.8. The number of benzene rings is 2. The molecule has 2 aromatic heterocycles. The maximum absolute atomic E-state index is 12.9. The highest BCUT2D eigenvalue weighted by Gasteiger charge is 2.19. The van der Waals surface area contributed by atoms with Crippen LogP contribution in [0.15, 0.2) is 54.7 Å². The molecular formula is C27H29N5O2S. The van der Waals surface area contributed by atoms with Gasteiger partial charge in [0.25, 0.3) is 5.91 Å². The molecule has 3 heterocycles. The van der Waals surface area contributed by atoms with Crippen molar-refractivity contribution in [3.05, 3.63) is 77.0 Å². The lowest BCUT2D eigenvalue weighted by Gasteiger charge is -2.32. The lowest BCUT2D eigenvalue weighted by molar-refractivity contribution is 0.0133. The Kier molecular flexibility index (Phi) is 6.77. The van der Waals surface area contributed by atoms with Crippen molar-refractivity contribution in [1.82, 2.24) is 20.2 Å². The van der Waals surface area contributed by atoms with E-state index in [9.17, 15) is 4.79 Å². The van der Waals surface area contributed by atoms with E-state index < -0.39 is 0 Å². The summed E-state index contributed by atoms with van der Waals surface area (Å²) < 4.78 is 6.62. The van der Waals surface area contributed by atoms with Crippen LogP contribution in [0.2, 0.25) is 0 Å². The summed E-state index contributed by atoms with van der Waals surface area (Å²) in [7, 11) is 0. The van der Waals surface area contributed by atoms with Gasteiger partial charge in [-0.2, -0.15) is 0 Å². The van der Waals surface area contributed by atoms with E-state index in [0.29, 0.717) is 18.8 Å². The molecule has 180 valence electrons. The van der Waals surface area contributed by atoms with Crippen LogP contribution in [0.3, 0.4) is 0 Å². The highest BCUT2D eigenvalue weighted by atomic mass is 32.1. The molecule has 1 amide bonds. The molecule has 1 aliphatic rings. The number of rotatable bonds is 6. The first-order valence-electron chi connectivity index (χ1n) is 11.8. The number of nitrogens with two attached hydrogens (primary N) is 1. The second-order valence-electron chi connectivity index (χ2n) is 8.86. The first-order chi connectivity index (χ1) is 17.0. The number of aromatic nitrogens is 2. The highest BCUT2D eigenvalue weighted by Crippen LogP contribution is 2.38. The maximum atomic E-state index is 12.9. The first-order valence-corrected chi connectivity index (χ1v) is 12.6. The summed E-state index contributed by atoms with van der Waals surface area (Å²) in [6, 6.07) is 16.3. The average molecular weight is 488 g/mol. The van der Waals surface area contributed by atoms with Crippen molar-refractivity contribution in [2.24, 2.45) is 0 Å². The zero-order chi connectivity index (χ0) is 24.4. The Bertz CT molecular complexity index is 1360. The van der Waals surface area contributed by atoms with E-state index in [4.69, 9.17) is 10.5 Å². The van der Waals surface area contributed by atoms with Gasteiger partial charge in [-0.3, -0.25) is 9.69 Å². The quantitative estimate of drug-likeness (QED) is 0.422. The predicted molar refractivity (Wildman–Crippen MR) is 141 cm³/mol. The van der Waals surface area contributed by atoms with Gasteiger partial charge < -0.3 is 15.8 Å². The number of morpholine rings is 1. The molecular weight excluding hydrogens is 458 g/mol. The van der Waals surface area contributed by atoms with Crippen molar-refractivity contribution in [3.8, 4) is 10.6 Å². The minimum Gasteiger partial charge on any atom is -0.379 e. The molecule has 0 radical (unpaired) electrons. The Hall–Kier alpha value is -3.33. The Morgan fingerprint density at radius 1 is 1.17 bits per heavy atom. The summed E-state index contributed by atoms with van der Waals surface area (Å²) >= 11 is 1.71. The smallest absolute Gasteiger partial charge is 0.252 e. The Morgan fingerprint density at radius 3 is 2.77 bits per heavy atom. The molecule has 0 saturated carbocycles. The Balaban J connectivity index is 1.33. The van der Waals surface area contributed by atoms with Crippen LogP contribution >= 0.6 is 11.3 Å². The predicted octanol–water partition coefficient (Wildman–Crippen LogP) is 4.25. The highest BCUT2D eigenvalue weighted by molar-refractivity contribution is 7.22. The van der Waals surface area contributed by atoms with Crippen LogP contribution in [0, 0.1) is 6.92 Å². The number of nitrogens with one attached hydrogen (secondary N) is 1. The molecule has 5 rings (SSSR count). The summed E-state index contributed by atoms with van der Waals surface area (Å²) in [6.07, 6.45) is 2.41. The van der Waals surface area contributed by atoms with Crippen molar-refractivity contribution >= 4 is 33.3 Å². The molecule has 7 nitrogen and oxygen atoms in total. The molecule has 35 heavy (non-hydrogen) atoms. The van der Waals surface area contributed by atoms with E-state index in [1.165, 1.54) is 21.2 Å². The molecule has 4 aromatic rings. The number of hydrogen-bond acceptors (Lipinski definition) is 7. The van der Waals surface area contributed by atoms with Crippen LogP contribution in [0.4, 0.5) is 5.95 Å². The molecule has 1 saturated heterocycles. The van der Waals surface area contributed by atoms with Gasteiger partial charge in [0.15, 0.2) is 0 Å². The monoisotopic (exact) mass is 487 g/mol. The van der Waals surface area contributed by atoms with Crippen molar-refractivity contribution in [3.63, 3.8) is 0 Å². The summed E-state index contributed by atoms with van der Waals surface area (Å²) in [5.74, 6) is 0.229. The number of anilines is 1. The van der Waals surface area contributed by atoms with Gasteiger partial charge in [0.1, 0.15) is 0 Å². The zero-order valence-corrected chi connectivity index (χ0v) is 20.8. The Labute approximate surface area is 209 Å². The molecule has 0 bridgehead atoms. The van der Waals surface area contributed by atoms with Crippen LogP contribution in [-0.4, -0.2) is 53.2 Å². The van der Waals surface area contributed by atoms with Gasteiger partial charge >= 0.3 is 0 Å². The number of fused-ring (bicyclic) bond motifs is 1. The van der Waals surface area contributed by atoms with Gasteiger partial charge in [-0.15, -0.1) is 11.3 Å². The number of ether oxygens (including phenoxy) is 1. The van der Waals surface area contributed by atoms with Crippen LogP contribution < -0.4 is 11.1 Å². The van der Waals surface area contributed by atoms with Gasteiger partial charge in [0, 0.05) is 29.5 Å². The van der Waals surface area contributed by atoms with E-state index in [1.807, 2.05) is 31.2 Å². The number of aryl methyl sites for hydroxylation is 1. The number of thiophene rings is 1. The lowest BCUT2D eigenvalue weighted by atomic mass is 10.0. The normalized spacial score (nSPS) is 15.3. The number of nitrogens with zero attached hydrogens (tertiary/aromatic N) is 3. The van der Waals surface area contributed by atoms with Gasteiger partial charge in [0.05, 0.1) is 30.0 Å². The SMILES string of the molecule is Cc1c(-c2ccnc(N)n2)sc2ccc(Cc3cccc(C(=O)NC(C)N4CCOCC4)c3)cc12. The molecule has 0 spiro atoms. The van der Waals surface area contributed by atoms with Crippen molar-refractivity contribution in [2.75, 3.05) is 32.0 Å². The van der Waals surface area contributed by atoms with Crippen LogP contribution in [-0.2, 0) is 11.2 Å². The second kappa shape index (κ2) is 10.1. The molecule has 2 aromatic carbocycles. The lowest BCUT2D eigenvalue weighted by Crippen LogP contribution is -2.50. The minimum absolute atomic E-state index is 0.0292. The third-order valence-corrected chi connectivity index (χ3v) is 7.73. The zero-order valence-electron chi connectivity index (χ0n) is 20.0. The number of amides is 1. The fourth-order valence-corrected chi connectivity index (χ4v) is 5.67. The van der Waals surface area contributed by atoms with Gasteiger partial charge in [-0.05, 0) is 72.7 Å². The van der Waals surface area contributed by atoms with Crippen molar-refractivity contribution < 1.29 is 9.53 Å². The molecule has 8 heteroatoms. The van der Waals surface area contributed by atoms with Crippen molar-refractivity contribution in [2.45, 2.75) is 26.4 Å². The first kappa shape index (κ1) is 23.4. The van der Waals surface area contributed by atoms with E-state index in [2.05, 4.69) is 51.4 Å². The number of carbonyl (C=O) groups excluding carboxylic acids is 1. The number of hydrogen-bond donors (Lipinski definition) is 2. The Morgan fingerprint density at radius 2 is 1.97 bits per heavy atom. The molecule has 1 atom stereocenters. The summed E-state index contributed by atoms with van der Waals surface area (Å²) in [5, 5.41) is 4.34. The van der Waals surface area contributed by atoms with Gasteiger partial charge in [-0.25, -0.2) is 9.97 Å². The average Bonchev–Trinajstić information content (AvgIpc) is 3.20. The fourth-order valence-electron chi connectivity index (χ4n) is 4.51. The number of carbonyl (C=O) groups is 1. The van der Waals surface area contributed by atoms with Crippen molar-refractivity contribution in [1.29, 1.82) is 0 Å². The summed E-state index contributed by atoms with van der Waals surface area (Å²) in [4.78, 5) is 24.6. The molecule has 3 N–H and O–H groups in total. The standard InChI is InChI=1S/C27H29N5O2S/c1-17-22-16-20(6-7-24(22)35-25(17)23-8-9-29-27(28)31-23)14-19-4-3-5-21(15-19)26(33)30-18(2)32-10-12-34-13-11-32/h3-9,15-16,18H,10-14H2,1-2H3,(H,30,33)(H2,28,29,31). The fraction of sp³-hybridized carbons (Fsp3) is 0.296. The molecule has 1 fully saturated rings. The maximum Gasteiger partial charge on any atom is 0.252 e. The topological polar surface area (TPSA) is 93.4 Å². The van der Waals surface area contributed by atoms with Gasteiger partial charge in [-0.1, -0.05) is 18.2 Å². The third kappa shape index (κ3) is 5.19. The number of nitrogen functional groups attached to an aromatic ring is 1. The molecule has 0 aliphatic carbocycles. The van der Waals surface area contributed by atoms with Crippen LogP contribution in [0.1, 0.15) is 34.0 Å². The largest absolute Gasteiger partial charge is 0.379 e. The molecule has 1 aliphatic heterocycles. The van der Waals surface area contributed by atoms with E-state index in [0.717, 1.165) is 35.6 Å². The molecule has 1 unspecified atom stereocenters. The van der Waals surface area contributed by atoms with E-state index in [1.54, 1.807) is 17.5 Å². The second-order valence-corrected chi connectivity index (χ2v) is 9.91. The van der Waals surface area contributed by atoms with Crippen LogP contribution in [0.5, 0.6) is 0 Å². The minimum atomic E-state index is -0.0521. The van der Waals surface area contributed by atoms with Gasteiger partial charge in [0.2, 0.25) is 5.95 Å². The van der Waals surface area contributed by atoms with E-state index in [-0.39, 0.29) is 18.0 Å².